The number of fused-ring (bicyclic) bond motifs is 4. The van der Waals surface area contributed by atoms with E-state index in [0.717, 1.165) is 5.39 Å². The first-order valence-electron chi connectivity index (χ1n) is 9.66. The summed E-state index contributed by atoms with van der Waals surface area (Å²) in [5.74, 6) is -1.96. The van der Waals surface area contributed by atoms with Gasteiger partial charge in [-0.3, -0.25) is 4.79 Å². The van der Waals surface area contributed by atoms with E-state index in [1.807, 2.05) is 30.3 Å². The Bertz CT molecular complexity index is 1620. The second-order valence-electron chi connectivity index (χ2n) is 7.38. The molecule has 0 aliphatic heterocycles. The van der Waals surface area contributed by atoms with E-state index < -0.39 is 23.0 Å². The minimum absolute atomic E-state index is 0.203. The Labute approximate surface area is 175 Å². The van der Waals surface area contributed by atoms with Crippen molar-refractivity contribution in [2.24, 2.45) is 0 Å². The fourth-order valence-electron chi connectivity index (χ4n) is 4.13. The average molecular weight is 412 g/mol. The molecule has 0 amide bonds. The third-order valence-electron chi connectivity index (χ3n) is 5.49. The SMILES string of the molecule is CC(=O)C(c1c(O)c2ccccc2oc1=O)c1cc(=O)oc2c1ccc1ccccc12. The Hall–Kier alpha value is -4.19. The van der Waals surface area contributed by atoms with Crippen LogP contribution in [-0.4, -0.2) is 10.9 Å². The third kappa shape index (κ3) is 2.92. The largest absolute Gasteiger partial charge is 0.507 e. The molecule has 1 atom stereocenters. The van der Waals surface area contributed by atoms with Gasteiger partial charge in [0, 0.05) is 16.8 Å². The van der Waals surface area contributed by atoms with Gasteiger partial charge in [-0.15, -0.1) is 0 Å². The van der Waals surface area contributed by atoms with Crippen LogP contribution in [-0.2, 0) is 4.79 Å². The lowest BCUT2D eigenvalue weighted by Gasteiger charge is -2.17. The first kappa shape index (κ1) is 18.8. The molecular weight excluding hydrogens is 396 g/mol. The first-order chi connectivity index (χ1) is 15.0. The van der Waals surface area contributed by atoms with Crippen LogP contribution in [0.25, 0.3) is 32.7 Å². The number of carbonyl (C=O) groups is 1. The number of rotatable bonds is 3. The fraction of sp³-hybridized carbons (Fsp3) is 0.0800. The highest BCUT2D eigenvalue weighted by atomic mass is 16.4. The molecule has 1 N–H and O–H groups in total. The van der Waals surface area contributed by atoms with Gasteiger partial charge in [0.05, 0.1) is 16.9 Å². The maximum absolute atomic E-state index is 12.8. The molecule has 0 aliphatic rings. The van der Waals surface area contributed by atoms with Crippen LogP contribution in [0.5, 0.6) is 5.75 Å². The van der Waals surface area contributed by atoms with Crippen LogP contribution in [0, 0.1) is 0 Å². The topological polar surface area (TPSA) is 97.7 Å². The molecule has 2 aromatic heterocycles. The van der Waals surface area contributed by atoms with Crippen molar-refractivity contribution in [3.8, 4) is 5.75 Å². The number of aromatic hydroxyl groups is 1. The first-order valence-corrected chi connectivity index (χ1v) is 9.66. The lowest BCUT2D eigenvalue weighted by Crippen LogP contribution is -2.21. The third-order valence-corrected chi connectivity index (χ3v) is 5.49. The number of Topliss-reactive ketones (excluding diaryl/α,β-unsaturated/α-hetero) is 1. The molecule has 6 nitrogen and oxygen atoms in total. The molecule has 0 aliphatic carbocycles. The molecule has 1 unspecified atom stereocenters. The van der Waals surface area contributed by atoms with Gasteiger partial charge >= 0.3 is 11.3 Å². The zero-order chi connectivity index (χ0) is 21.7. The van der Waals surface area contributed by atoms with Crippen molar-refractivity contribution in [1.82, 2.24) is 0 Å². The van der Waals surface area contributed by atoms with Crippen LogP contribution < -0.4 is 11.3 Å². The van der Waals surface area contributed by atoms with Crippen LogP contribution in [0.3, 0.4) is 0 Å². The van der Waals surface area contributed by atoms with Crippen LogP contribution >= 0.6 is 0 Å². The van der Waals surface area contributed by atoms with Crippen molar-refractivity contribution in [3.63, 3.8) is 0 Å². The molecule has 5 aromatic rings. The number of benzene rings is 3. The van der Waals surface area contributed by atoms with Gasteiger partial charge in [-0.05, 0) is 30.0 Å². The van der Waals surface area contributed by atoms with Crippen LogP contribution in [0.1, 0.15) is 24.0 Å². The standard InChI is InChI=1S/C25H16O6/c1-13(26)21(22-23(28)17-8-4-5-9-19(17)30-25(22)29)18-12-20(27)31-24-15-7-3-2-6-14(15)10-11-16(18)24/h2-12,21,28H,1H3. The fourth-order valence-corrected chi connectivity index (χ4v) is 4.13. The smallest absolute Gasteiger partial charge is 0.344 e. The summed E-state index contributed by atoms with van der Waals surface area (Å²) in [6.45, 7) is 1.31. The molecule has 3 aromatic carbocycles. The van der Waals surface area contributed by atoms with Gasteiger partial charge in [0.2, 0.25) is 0 Å². The Morgan fingerprint density at radius 2 is 1.58 bits per heavy atom. The van der Waals surface area contributed by atoms with Crippen molar-refractivity contribution in [3.05, 3.63) is 98.7 Å². The van der Waals surface area contributed by atoms with E-state index in [-0.39, 0.29) is 22.5 Å². The molecular formula is C25H16O6. The molecule has 2 heterocycles. The number of hydrogen-bond donors (Lipinski definition) is 1. The Morgan fingerprint density at radius 1 is 0.871 bits per heavy atom. The average Bonchev–Trinajstić information content (AvgIpc) is 2.76. The van der Waals surface area contributed by atoms with Gasteiger partial charge in [-0.1, -0.05) is 48.5 Å². The number of hydrogen-bond acceptors (Lipinski definition) is 6. The highest BCUT2D eigenvalue weighted by molar-refractivity contribution is 6.06. The molecule has 0 saturated carbocycles. The molecule has 0 bridgehead atoms. The molecule has 31 heavy (non-hydrogen) atoms. The summed E-state index contributed by atoms with van der Waals surface area (Å²) in [5.41, 5.74) is -0.891. The van der Waals surface area contributed by atoms with Gasteiger partial charge in [0.15, 0.2) is 0 Å². The Morgan fingerprint density at radius 3 is 2.35 bits per heavy atom. The summed E-state index contributed by atoms with van der Waals surface area (Å²) in [6, 6.07) is 18.7. The summed E-state index contributed by atoms with van der Waals surface area (Å²) in [6.07, 6.45) is 0. The Kier molecular flexibility index (Phi) is 4.22. The quantitative estimate of drug-likeness (QED) is 0.347. The maximum Gasteiger partial charge on any atom is 0.344 e. The van der Waals surface area contributed by atoms with E-state index >= 15 is 0 Å². The monoisotopic (exact) mass is 412 g/mol. The van der Waals surface area contributed by atoms with Crippen molar-refractivity contribution in [2.45, 2.75) is 12.8 Å². The number of carbonyl (C=O) groups excluding carboxylic acids is 1. The maximum atomic E-state index is 12.8. The highest BCUT2D eigenvalue weighted by Gasteiger charge is 2.30. The molecule has 0 radical (unpaired) electrons. The molecule has 152 valence electrons. The summed E-state index contributed by atoms with van der Waals surface area (Å²) >= 11 is 0. The molecule has 0 spiro atoms. The van der Waals surface area contributed by atoms with E-state index in [4.69, 9.17) is 8.83 Å². The molecule has 5 rings (SSSR count). The zero-order valence-electron chi connectivity index (χ0n) is 16.4. The predicted molar refractivity (Wildman–Crippen MR) is 117 cm³/mol. The highest BCUT2D eigenvalue weighted by Crippen LogP contribution is 2.38. The van der Waals surface area contributed by atoms with Crippen LogP contribution in [0.15, 0.2) is 85.2 Å². The summed E-state index contributed by atoms with van der Waals surface area (Å²) in [4.78, 5) is 38.1. The van der Waals surface area contributed by atoms with E-state index in [2.05, 4.69) is 0 Å². The van der Waals surface area contributed by atoms with Gasteiger partial charge in [-0.25, -0.2) is 9.59 Å². The predicted octanol–water partition coefficient (Wildman–Crippen LogP) is 4.48. The summed E-state index contributed by atoms with van der Waals surface area (Å²) < 4.78 is 10.9. The van der Waals surface area contributed by atoms with Gasteiger partial charge in [-0.2, -0.15) is 0 Å². The minimum atomic E-state index is -1.20. The van der Waals surface area contributed by atoms with Gasteiger partial charge < -0.3 is 13.9 Å². The molecule has 0 fully saturated rings. The number of para-hydroxylation sites is 1. The summed E-state index contributed by atoms with van der Waals surface area (Å²) in [5, 5.41) is 13.3. The van der Waals surface area contributed by atoms with Gasteiger partial charge in [0.1, 0.15) is 22.7 Å². The lowest BCUT2D eigenvalue weighted by atomic mass is 9.86. The minimum Gasteiger partial charge on any atom is -0.507 e. The van der Waals surface area contributed by atoms with E-state index in [1.54, 1.807) is 30.3 Å². The second-order valence-corrected chi connectivity index (χ2v) is 7.38. The van der Waals surface area contributed by atoms with Crippen molar-refractivity contribution >= 4 is 38.5 Å². The van der Waals surface area contributed by atoms with E-state index in [9.17, 15) is 19.5 Å². The second kappa shape index (κ2) is 6.95. The van der Waals surface area contributed by atoms with Crippen molar-refractivity contribution < 1.29 is 18.7 Å². The van der Waals surface area contributed by atoms with E-state index in [1.165, 1.54) is 13.0 Å². The normalized spacial score (nSPS) is 12.4. The summed E-state index contributed by atoms with van der Waals surface area (Å²) in [7, 11) is 0. The molecule has 6 heteroatoms. The van der Waals surface area contributed by atoms with Crippen LogP contribution in [0.2, 0.25) is 0 Å². The molecule has 0 saturated heterocycles. The van der Waals surface area contributed by atoms with Gasteiger partial charge in [0.25, 0.3) is 0 Å². The number of ketones is 1. The van der Waals surface area contributed by atoms with E-state index in [0.29, 0.717) is 21.7 Å². The van der Waals surface area contributed by atoms with Crippen LogP contribution in [0.4, 0.5) is 0 Å². The van der Waals surface area contributed by atoms with Crippen molar-refractivity contribution in [1.29, 1.82) is 0 Å². The lowest BCUT2D eigenvalue weighted by molar-refractivity contribution is -0.117. The zero-order valence-corrected chi connectivity index (χ0v) is 16.4. The Balaban J connectivity index is 1.89. The van der Waals surface area contributed by atoms with Crippen molar-refractivity contribution in [2.75, 3.05) is 0 Å².